The number of methoxy groups -OCH3 is 1. The first-order chi connectivity index (χ1) is 7.31. The molecule has 3 atom stereocenters. The van der Waals surface area contributed by atoms with E-state index < -0.39 is 0 Å². The summed E-state index contributed by atoms with van der Waals surface area (Å²) in [6.07, 6.45) is 3.93. The molecule has 0 bridgehead atoms. The molecule has 3 unspecified atom stereocenters. The van der Waals surface area contributed by atoms with Crippen LogP contribution in [0.3, 0.4) is 0 Å². The summed E-state index contributed by atoms with van der Waals surface area (Å²) in [5.41, 5.74) is 0. The van der Waals surface area contributed by atoms with Crippen molar-refractivity contribution in [3.8, 4) is 0 Å². The summed E-state index contributed by atoms with van der Waals surface area (Å²) in [5, 5.41) is 3.57. The quantitative estimate of drug-likeness (QED) is 0.702. The van der Waals surface area contributed by atoms with Gasteiger partial charge >= 0.3 is 0 Å². The Morgan fingerprint density at radius 2 is 2.27 bits per heavy atom. The molecule has 0 aromatic rings. The highest BCUT2D eigenvalue weighted by molar-refractivity contribution is 4.78. The molecular formula is C12H25NO2. The molecule has 1 aliphatic heterocycles. The summed E-state index contributed by atoms with van der Waals surface area (Å²) < 4.78 is 10.8. The molecule has 3 heteroatoms. The van der Waals surface area contributed by atoms with Crippen LogP contribution in [0.15, 0.2) is 0 Å². The van der Waals surface area contributed by atoms with Gasteiger partial charge in [0.25, 0.3) is 0 Å². The largest absolute Gasteiger partial charge is 0.383 e. The van der Waals surface area contributed by atoms with Crippen LogP contribution in [0.5, 0.6) is 0 Å². The second-order valence-corrected chi connectivity index (χ2v) is 4.34. The summed E-state index contributed by atoms with van der Waals surface area (Å²) in [6, 6.07) is 0.494. The molecule has 0 aromatic carbocycles. The lowest BCUT2D eigenvalue weighted by molar-refractivity contribution is 0.0847. The van der Waals surface area contributed by atoms with E-state index in [4.69, 9.17) is 9.47 Å². The van der Waals surface area contributed by atoms with Crippen molar-refractivity contribution in [2.75, 3.05) is 26.9 Å². The Morgan fingerprint density at radius 1 is 1.47 bits per heavy atom. The maximum Gasteiger partial charge on any atom is 0.0615 e. The molecule has 1 fully saturated rings. The minimum absolute atomic E-state index is 0.470. The molecule has 0 aliphatic carbocycles. The van der Waals surface area contributed by atoms with Crippen molar-refractivity contribution in [2.24, 2.45) is 5.92 Å². The number of rotatable bonds is 7. The molecule has 90 valence electrons. The molecule has 15 heavy (non-hydrogen) atoms. The van der Waals surface area contributed by atoms with Crippen molar-refractivity contribution >= 4 is 0 Å². The average Bonchev–Trinajstić information content (AvgIpc) is 2.71. The number of hydrogen-bond acceptors (Lipinski definition) is 3. The Hall–Kier alpha value is -0.120. The Morgan fingerprint density at radius 3 is 2.87 bits per heavy atom. The van der Waals surface area contributed by atoms with E-state index in [9.17, 15) is 0 Å². The predicted molar refractivity (Wildman–Crippen MR) is 62.1 cm³/mol. The van der Waals surface area contributed by atoms with Crippen molar-refractivity contribution < 1.29 is 9.47 Å². The monoisotopic (exact) mass is 215 g/mol. The van der Waals surface area contributed by atoms with Gasteiger partial charge in [-0.05, 0) is 25.2 Å². The second kappa shape index (κ2) is 7.20. The smallest absolute Gasteiger partial charge is 0.0615 e. The van der Waals surface area contributed by atoms with Crippen LogP contribution < -0.4 is 5.32 Å². The molecule has 1 rings (SSSR count). The maximum absolute atomic E-state index is 5.67. The summed E-state index contributed by atoms with van der Waals surface area (Å²) >= 11 is 0. The third kappa shape index (κ3) is 4.09. The van der Waals surface area contributed by atoms with Crippen LogP contribution in [0.25, 0.3) is 0 Å². The Labute approximate surface area is 93.5 Å². The zero-order chi connectivity index (χ0) is 11.1. The highest BCUT2D eigenvalue weighted by atomic mass is 16.5. The van der Waals surface area contributed by atoms with Gasteiger partial charge in [0, 0.05) is 26.3 Å². The van der Waals surface area contributed by atoms with E-state index in [0.717, 1.165) is 32.6 Å². The molecule has 1 heterocycles. The van der Waals surface area contributed by atoms with E-state index in [2.05, 4.69) is 19.2 Å². The van der Waals surface area contributed by atoms with Crippen LogP contribution >= 0.6 is 0 Å². The van der Waals surface area contributed by atoms with E-state index in [1.165, 1.54) is 6.42 Å². The van der Waals surface area contributed by atoms with Crippen LogP contribution in [0.1, 0.15) is 33.1 Å². The maximum atomic E-state index is 5.67. The van der Waals surface area contributed by atoms with E-state index in [0.29, 0.717) is 18.1 Å². The van der Waals surface area contributed by atoms with Gasteiger partial charge in [0.05, 0.1) is 12.7 Å². The number of ether oxygens (including phenoxy) is 2. The van der Waals surface area contributed by atoms with Gasteiger partial charge in [-0.15, -0.1) is 0 Å². The van der Waals surface area contributed by atoms with E-state index in [1.807, 2.05) is 0 Å². The van der Waals surface area contributed by atoms with Gasteiger partial charge in [-0.1, -0.05) is 13.8 Å². The first kappa shape index (κ1) is 12.9. The van der Waals surface area contributed by atoms with Crippen molar-refractivity contribution in [3.05, 3.63) is 0 Å². The SMILES string of the molecule is CCC(COC)NCC1CCOC1CC. The van der Waals surface area contributed by atoms with Gasteiger partial charge in [-0.3, -0.25) is 0 Å². The van der Waals surface area contributed by atoms with E-state index >= 15 is 0 Å². The minimum Gasteiger partial charge on any atom is -0.383 e. The third-order valence-electron chi connectivity index (χ3n) is 3.28. The minimum atomic E-state index is 0.470. The fraction of sp³-hybridized carbons (Fsp3) is 1.00. The standard InChI is InChI=1S/C12H25NO2/c1-4-11(9-14-3)13-8-10-6-7-15-12(10)5-2/h10-13H,4-9H2,1-3H3. The molecular weight excluding hydrogens is 190 g/mol. The summed E-state index contributed by atoms with van der Waals surface area (Å²) in [7, 11) is 1.76. The highest BCUT2D eigenvalue weighted by Crippen LogP contribution is 2.22. The Balaban J connectivity index is 2.22. The summed E-state index contributed by atoms with van der Waals surface area (Å²) in [4.78, 5) is 0. The zero-order valence-corrected chi connectivity index (χ0v) is 10.3. The zero-order valence-electron chi connectivity index (χ0n) is 10.3. The first-order valence-corrected chi connectivity index (χ1v) is 6.15. The summed E-state index contributed by atoms with van der Waals surface area (Å²) in [6.45, 7) is 7.21. The van der Waals surface area contributed by atoms with Crippen LogP contribution in [0.4, 0.5) is 0 Å². The average molecular weight is 215 g/mol. The summed E-state index contributed by atoms with van der Waals surface area (Å²) in [5.74, 6) is 0.695. The van der Waals surface area contributed by atoms with Gasteiger partial charge in [0.15, 0.2) is 0 Å². The van der Waals surface area contributed by atoms with Crippen molar-refractivity contribution in [2.45, 2.75) is 45.3 Å². The lowest BCUT2D eigenvalue weighted by atomic mass is 9.99. The number of hydrogen-bond donors (Lipinski definition) is 1. The normalized spacial score (nSPS) is 28.2. The molecule has 0 spiro atoms. The number of nitrogens with one attached hydrogen (secondary N) is 1. The van der Waals surface area contributed by atoms with Gasteiger partial charge in [-0.25, -0.2) is 0 Å². The lowest BCUT2D eigenvalue weighted by Crippen LogP contribution is -2.38. The van der Waals surface area contributed by atoms with Crippen molar-refractivity contribution in [3.63, 3.8) is 0 Å². The Kier molecular flexibility index (Phi) is 6.22. The molecule has 1 saturated heterocycles. The van der Waals surface area contributed by atoms with Crippen LogP contribution in [-0.4, -0.2) is 39.0 Å². The predicted octanol–water partition coefficient (Wildman–Crippen LogP) is 1.82. The van der Waals surface area contributed by atoms with E-state index in [-0.39, 0.29) is 0 Å². The van der Waals surface area contributed by atoms with E-state index in [1.54, 1.807) is 7.11 Å². The van der Waals surface area contributed by atoms with Crippen molar-refractivity contribution in [1.82, 2.24) is 5.32 Å². The van der Waals surface area contributed by atoms with Crippen LogP contribution in [-0.2, 0) is 9.47 Å². The topological polar surface area (TPSA) is 30.5 Å². The molecule has 1 N–H and O–H groups in total. The molecule has 3 nitrogen and oxygen atoms in total. The third-order valence-corrected chi connectivity index (χ3v) is 3.28. The van der Waals surface area contributed by atoms with Crippen molar-refractivity contribution in [1.29, 1.82) is 0 Å². The first-order valence-electron chi connectivity index (χ1n) is 6.15. The lowest BCUT2D eigenvalue weighted by Gasteiger charge is -2.21. The molecule has 0 saturated carbocycles. The molecule has 0 aromatic heterocycles. The molecule has 0 amide bonds. The molecule has 0 radical (unpaired) electrons. The fourth-order valence-corrected chi connectivity index (χ4v) is 2.22. The van der Waals surface area contributed by atoms with Gasteiger partial charge in [0.1, 0.15) is 0 Å². The second-order valence-electron chi connectivity index (χ2n) is 4.34. The van der Waals surface area contributed by atoms with Gasteiger partial charge < -0.3 is 14.8 Å². The van der Waals surface area contributed by atoms with Gasteiger partial charge in [0.2, 0.25) is 0 Å². The van der Waals surface area contributed by atoms with Gasteiger partial charge in [-0.2, -0.15) is 0 Å². The van der Waals surface area contributed by atoms with Crippen LogP contribution in [0.2, 0.25) is 0 Å². The Bertz CT molecular complexity index is 164. The molecule has 1 aliphatic rings. The fourth-order valence-electron chi connectivity index (χ4n) is 2.22. The highest BCUT2D eigenvalue weighted by Gasteiger charge is 2.26. The van der Waals surface area contributed by atoms with Crippen LogP contribution in [0, 0.1) is 5.92 Å².